The molecular weight excluding hydrogens is 328 g/mol. The average molecular weight is 348 g/mol. The second-order valence-electron chi connectivity index (χ2n) is 5.76. The first kappa shape index (κ1) is 17.7. The standard InChI is InChI=1S/C21H20N2O3/c1-5-15-7-6-8-16(13-15)23-20-11-12-22-19-10-9-17(14-18(19)20)26-21(2,24-3)25-4/h1,6-14H,2-4H3,(H,22,23). The SMILES string of the molecule is C#Cc1cccc(Nc2ccnc3ccc(OC(C)(OC)OC)cc23)c1. The van der Waals surface area contributed by atoms with Gasteiger partial charge in [-0.1, -0.05) is 12.0 Å². The summed E-state index contributed by atoms with van der Waals surface area (Å²) in [4.78, 5) is 4.40. The summed E-state index contributed by atoms with van der Waals surface area (Å²) in [6, 6.07) is 15.2. The van der Waals surface area contributed by atoms with E-state index >= 15 is 0 Å². The summed E-state index contributed by atoms with van der Waals surface area (Å²) >= 11 is 0. The third kappa shape index (κ3) is 3.77. The van der Waals surface area contributed by atoms with Crippen molar-refractivity contribution in [1.82, 2.24) is 4.98 Å². The van der Waals surface area contributed by atoms with Crippen LogP contribution in [0.25, 0.3) is 10.9 Å². The predicted molar refractivity (Wildman–Crippen MR) is 102 cm³/mol. The average Bonchev–Trinajstić information content (AvgIpc) is 2.68. The number of anilines is 2. The number of hydrogen-bond acceptors (Lipinski definition) is 5. The van der Waals surface area contributed by atoms with Gasteiger partial charge in [0.1, 0.15) is 5.75 Å². The number of benzene rings is 2. The highest BCUT2D eigenvalue weighted by molar-refractivity contribution is 5.93. The van der Waals surface area contributed by atoms with Gasteiger partial charge in [0.05, 0.1) is 5.52 Å². The van der Waals surface area contributed by atoms with E-state index < -0.39 is 5.97 Å². The molecule has 0 aliphatic carbocycles. The van der Waals surface area contributed by atoms with Crippen molar-refractivity contribution in [3.8, 4) is 18.1 Å². The third-order valence-electron chi connectivity index (χ3n) is 4.07. The van der Waals surface area contributed by atoms with Gasteiger partial charge in [-0.15, -0.1) is 6.42 Å². The largest absolute Gasteiger partial charge is 0.439 e. The van der Waals surface area contributed by atoms with Crippen LogP contribution in [-0.2, 0) is 9.47 Å². The second-order valence-corrected chi connectivity index (χ2v) is 5.76. The Bertz CT molecular complexity index is 959. The Kier molecular flexibility index (Phi) is 5.08. The van der Waals surface area contributed by atoms with E-state index in [1.165, 1.54) is 14.2 Å². The maximum atomic E-state index is 5.82. The molecule has 132 valence electrons. The molecule has 0 aliphatic rings. The minimum Gasteiger partial charge on any atom is -0.439 e. The third-order valence-corrected chi connectivity index (χ3v) is 4.07. The first-order valence-corrected chi connectivity index (χ1v) is 8.08. The Morgan fingerprint density at radius 2 is 1.88 bits per heavy atom. The minimum atomic E-state index is -1.16. The molecule has 3 aromatic rings. The molecule has 0 saturated carbocycles. The zero-order valence-corrected chi connectivity index (χ0v) is 14.9. The summed E-state index contributed by atoms with van der Waals surface area (Å²) in [6.45, 7) is 1.70. The van der Waals surface area contributed by atoms with Crippen LogP contribution < -0.4 is 10.1 Å². The van der Waals surface area contributed by atoms with Gasteiger partial charge in [0, 0.05) is 49.7 Å². The number of ether oxygens (including phenoxy) is 3. The van der Waals surface area contributed by atoms with Gasteiger partial charge in [0.25, 0.3) is 0 Å². The summed E-state index contributed by atoms with van der Waals surface area (Å²) in [6.07, 6.45) is 7.23. The van der Waals surface area contributed by atoms with Gasteiger partial charge in [-0.25, -0.2) is 0 Å². The predicted octanol–water partition coefficient (Wildman–Crippen LogP) is 4.31. The fraction of sp³-hybridized carbons (Fsp3) is 0.190. The van der Waals surface area contributed by atoms with E-state index in [0.717, 1.165) is 27.8 Å². The van der Waals surface area contributed by atoms with E-state index in [4.69, 9.17) is 20.6 Å². The van der Waals surface area contributed by atoms with Crippen molar-refractivity contribution < 1.29 is 14.2 Å². The van der Waals surface area contributed by atoms with Crippen molar-refractivity contribution in [2.24, 2.45) is 0 Å². The van der Waals surface area contributed by atoms with E-state index in [1.807, 2.05) is 48.5 Å². The van der Waals surface area contributed by atoms with Crippen LogP contribution >= 0.6 is 0 Å². The topological polar surface area (TPSA) is 52.6 Å². The van der Waals surface area contributed by atoms with Crippen LogP contribution in [0.5, 0.6) is 5.75 Å². The van der Waals surface area contributed by atoms with Crippen LogP contribution in [0, 0.1) is 12.3 Å². The number of hydrogen-bond donors (Lipinski definition) is 1. The summed E-state index contributed by atoms with van der Waals surface area (Å²) in [7, 11) is 3.05. The summed E-state index contributed by atoms with van der Waals surface area (Å²) in [5.74, 6) is 2.08. The number of terminal acetylenes is 1. The van der Waals surface area contributed by atoms with Crippen LogP contribution in [0.1, 0.15) is 12.5 Å². The van der Waals surface area contributed by atoms with Crippen LogP contribution in [0.15, 0.2) is 54.7 Å². The lowest BCUT2D eigenvalue weighted by Gasteiger charge is -2.26. The van der Waals surface area contributed by atoms with Gasteiger partial charge in [-0.3, -0.25) is 4.98 Å². The Hall–Kier alpha value is -3.07. The van der Waals surface area contributed by atoms with Crippen LogP contribution in [0.2, 0.25) is 0 Å². The number of methoxy groups -OCH3 is 2. The molecule has 5 nitrogen and oxygen atoms in total. The molecule has 0 amide bonds. The van der Waals surface area contributed by atoms with Crippen molar-refractivity contribution in [1.29, 1.82) is 0 Å². The Balaban J connectivity index is 1.98. The van der Waals surface area contributed by atoms with Crippen molar-refractivity contribution >= 4 is 22.3 Å². The molecule has 0 fully saturated rings. The highest BCUT2D eigenvalue weighted by Crippen LogP contribution is 2.30. The number of nitrogens with one attached hydrogen (secondary N) is 1. The number of nitrogens with zero attached hydrogens (tertiary/aromatic N) is 1. The van der Waals surface area contributed by atoms with Crippen LogP contribution in [-0.4, -0.2) is 25.2 Å². The Morgan fingerprint density at radius 3 is 2.62 bits per heavy atom. The fourth-order valence-electron chi connectivity index (χ4n) is 2.52. The molecule has 0 atom stereocenters. The Labute approximate surface area is 152 Å². The molecule has 0 unspecified atom stereocenters. The molecule has 26 heavy (non-hydrogen) atoms. The van der Waals surface area contributed by atoms with Crippen LogP contribution in [0.4, 0.5) is 11.4 Å². The molecule has 0 saturated heterocycles. The van der Waals surface area contributed by atoms with E-state index in [-0.39, 0.29) is 0 Å². The van der Waals surface area contributed by atoms with Gasteiger partial charge >= 0.3 is 5.97 Å². The first-order valence-electron chi connectivity index (χ1n) is 8.08. The normalized spacial score (nSPS) is 11.2. The molecule has 0 aliphatic heterocycles. The molecule has 0 bridgehead atoms. The number of rotatable bonds is 6. The minimum absolute atomic E-state index is 0.608. The lowest BCUT2D eigenvalue weighted by molar-refractivity contribution is -0.309. The van der Waals surface area contributed by atoms with Crippen molar-refractivity contribution in [3.63, 3.8) is 0 Å². The highest BCUT2D eigenvalue weighted by atomic mass is 16.9. The summed E-state index contributed by atoms with van der Waals surface area (Å²) < 4.78 is 16.3. The maximum absolute atomic E-state index is 5.82. The number of pyridine rings is 1. The quantitative estimate of drug-likeness (QED) is 0.531. The van der Waals surface area contributed by atoms with E-state index in [9.17, 15) is 0 Å². The first-order chi connectivity index (χ1) is 12.6. The smallest absolute Gasteiger partial charge is 0.323 e. The van der Waals surface area contributed by atoms with Gasteiger partial charge in [0.2, 0.25) is 0 Å². The van der Waals surface area contributed by atoms with Gasteiger partial charge in [-0.05, 0) is 42.5 Å². The van der Waals surface area contributed by atoms with Crippen LogP contribution in [0.3, 0.4) is 0 Å². The van der Waals surface area contributed by atoms with Gasteiger partial charge in [-0.2, -0.15) is 0 Å². The lowest BCUT2D eigenvalue weighted by Crippen LogP contribution is -2.36. The molecule has 2 aromatic carbocycles. The maximum Gasteiger partial charge on any atom is 0.323 e. The van der Waals surface area contributed by atoms with Crippen molar-refractivity contribution in [2.75, 3.05) is 19.5 Å². The number of aromatic nitrogens is 1. The molecule has 1 heterocycles. The van der Waals surface area contributed by atoms with E-state index in [0.29, 0.717) is 5.75 Å². The van der Waals surface area contributed by atoms with E-state index in [1.54, 1.807) is 13.1 Å². The second kappa shape index (κ2) is 7.44. The molecule has 0 radical (unpaired) electrons. The fourth-order valence-corrected chi connectivity index (χ4v) is 2.52. The highest BCUT2D eigenvalue weighted by Gasteiger charge is 2.25. The molecule has 1 N–H and O–H groups in total. The molecule has 5 heteroatoms. The monoisotopic (exact) mass is 348 g/mol. The van der Waals surface area contributed by atoms with Crippen molar-refractivity contribution in [2.45, 2.75) is 12.9 Å². The summed E-state index contributed by atoms with van der Waals surface area (Å²) in [5, 5.41) is 4.29. The van der Waals surface area contributed by atoms with Gasteiger partial charge < -0.3 is 19.5 Å². The zero-order valence-electron chi connectivity index (χ0n) is 14.9. The van der Waals surface area contributed by atoms with Gasteiger partial charge in [0.15, 0.2) is 0 Å². The molecule has 0 spiro atoms. The Morgan fingerprint density at radius 1 is 1.08 bits per heavy atom. The summed E-state index contributed by atoms with van der Waals surface area (Å²) in [5.41, 5.74) is 3.45. The number of fused-ring (bicyclic) bond motifs is 1. The zero-order chi connectivity index (χ0) is 18.6. The molecular formula is C21H20N2O3. The van der Waals surface area contributed by atoms with E-state index in [2.05, 4.69) is 16.2 Å². The molecule has 1 aromatic heterocycles. The van der Waals surface area contributed by atoms with Crippen molar-refractivity contribution in [3.05, 3.63) is 60.3 Å². The molecule has 3 rings (SSSR count). The lowest BCUT2D eigenvalue weighted by atomic mass is 10.1.